The summed E-state index contributed by atoms with van der Waals surface area (Å²) in [6, 6.07) is 0. The number of hydrogen-bond donors (Lipinski definition) is 1. The maximum Gasteiger partial charge on any atom is 0.0948 e. The van der Waals surface area contributed by atoms with Crippen molar-refractivity contribution in [2.45, 2.75) is 40.2 Å². The van der Waals surface area contributed by atoms with E-state index >= 15 is 0 Å². The molecule has 0 amide bonds. The Labute approximate surface area is 92.9 Å². The van der Waals surface area contributed by atoms with Crippen LogP contribution in [0.3, 0.4) is 0 Å². The summed E-state index contributed by atoms with van der Waals surface area (Å²) in [6.07, 6.45) is 6.24. The number of nitrogens with one attached hydrogen (secondary N) is 1. The second-order valence-corrected chi connectivity index (χ2v) is 4.43. The zero-order valence-corrected chi connectivity index (χ0v) is 10.2. The zero-order chi connectivity index (χ0) is 11.1. The summed E-state index contributed by atoms with van der Waals surface area (Å²) in [6.45, 7) is 9.85. The summed E-state index contributed by atoms with van der Waals surface area (Å²) in [5.41, 5.74) is 1.35. The predicted octanol–water partition coefficient (Wildman–Crippen LogP) is 2.08. The third kappa shape index (κ3) is 4.47. The first-order valence-electron chi connectivity index (χ1n) is 5.93. The minimum absolute atomic E-state index is 0.698. The van der Waals surface area contributed by atoms with E-state index in [1.165, 1.54) is 12.1 Å². The van der Waals surface area contributed by atoms with Crippen LogP contribution in [0.4, 0.5) is 0 Å². The smallest absolute Gasteiger partial charge is 0.0948 e. The number of nitrogens with zero attached hydrogens (tertiary/aromatic N) is 2. The van der Waals surface area contributed by atoms with Crippen molar-refractivity contribution in [2.24, 2.45) is 5.92 Å². The van der Waals surface area contributed by atoms with Gasteiger partial charge < -0.3 is 9.88 Å². The van der Waals surface area contributed by atoms with Crippen LogP contribution in [0, 0.1) is 5.92 Å². The average molecular weight is 209 g/mol. The van der Waals surface area contributed by atoms with Gasteiger partial charge in [-0.15, -0.1) is 0 Å². The summed E-state index contributed by atoms with van der Waals surface area (Å²) in [4.78, 5) is 4.21. The lowest BCUT2D eigenvalue weighted by Gasteiger charge is -2.10. The molecule has 3 nitrogen and oxygen atoms in total. The molecule has 1 aromatic rings. The molecule has 1 rings (SSSR count). The maximum atomic E-state index is 4.21. The fourth-order valence-corrected chi connectivity index (χ4v) is 1.64. The van der Waals surface area contributed by atoms with Gasteiger partial charge in [0.15, 0.2) is 0 Å². The van der Waals surface area contributed by atoms with Crippen LogP contribution in [-0.2, 0) is 13.0 Å². The van der Waals surface area contributed by atoms with E-state index in [4.69, 9.17) is 0 Å². The minimum Gasteiger partial charge on any atom is -0.333 e. The molecular weight excluding hydrogens is 186 g/mol. The molecule has 0 saturated carbocycles. The van der Waals surface area contributed by atoms with Crippen molar-refractivity contribution >= 4 is 0 Å². The fraction of sp³-hybridized carbons (Fsp3) is 0.750. The van der Waals surface area contributed by atoms with E-state index < -0.39 is 0 Å². The summed E-state index contributed by atoms with van der Waals surface area (Å²) in [5, 5.41) is 3.41. The summed E-state index contributed by atoms with van der Waals surface area (Å²) < 4.78 is 2.25. The van der Waals surface area contributed by atoms with Crippen molar-refractivity contribution < 1.29 is 0 Å². The Balaban J connectivity index is 2.36. The SMILES string of the molecule is CCCNCCn1cncc1CC(C)C. The van der Waals surface area contributed by atoms with Gasteiger partial charge in [0.05, 0.1) is 6.33 Å². The van der Waals surface area contributed by atoms with Crippen LogP contribution in [0.2, 0.25) is 0 Å². The van der Waals surface area contributed by atoms with E-state index in [1.807, 2.05) is 12.5 Å². The lowest BCUT2D eigenvalue weighted by atomic mass is 10.1. The van der Waals surface area contributed by atoms with E-state index in [1.54, 1.807) is 0 Å². The molecule has 0 radical (unpaired) electrons. The predicted molar refractivity (Wildman–Crippen MR) is 63.9 cm³/mol. The van der Waals surface area contributed by atoms with Crippen LogP contribution in [0.5, 0.6) is 0 Å². The number of aromatic nitrogens is 2. The van der Waals surface area contributed by atoms with E-state index in [2.05, 4.69) is 35.6 Å². The molecular formula is C12H23N3. The zero-order valence-electron chi connectivity index (χ0n) is 10.2. The van der Waals surface area contributed by atoms with E-state index in [0.717, 1.165) is 26.1 Å². The highest BCUT2D eigenvalue weighted by Crippen LogP contribution is 2.06. The van der Waals surface area contributed by atoms with E-state index in [9.17, 15) is 0 Å². The number of imidazole rings is 1. The van der Waals surface area contributed by atoms with Gasteiger partial charge in [-0.05, 0) is 25.3 Å². The molecule has 1 aromatic heterocycles. The van der Waals surface area contributed by atoms with Crippen molar-refractivity contribution in [3.8, 4) is 0 Å². The molecule has 0 aliphatic rings. The fourth-order valence-electron chi connectivity index (χ4n) is 1.64. The van der Waals surface area contributed by atoms with Crippen molar-refractivity contribution in [3.63, 3.8) is 0 Å². The second-order valence-electron chi connectivity index (χ2n) is 4.43. The van der Waals surface area contributed by atoms with Crippen LogP contribution in [0.25, 0.3) is 0 Å². The lowest BCUT2D eigenvalue weighted by Crippen LogP contribution is -2.21. The van der Waals surface area contributed by atoms with Gasteiger partial charge in [0, 0.05) is 25.0 Å². The Morgan fingerprint density at radius 1 is 1.40 bits per heavy atom. The first-order chi connectivity index (χ1) is 7.24. The summed E-state index contributed by atoms with van der Waals surface area (Å²) >= 11 is 0. The number of rotatable bonds is 7. The van der Waals surface area contributed by atoms with Crippen molar-refractivity contribution in [2.75, 3.05) is 13.1 Å². The largest absolute Gasteiger partial charge is 0.333 e. The molecule has 0 saturated heterocycles. The minimum atomic E-state index is 0.698. The standard InChI is InChI=1S/C12H23N3/c1-4-5-13-6-7-15-10-14-9-12(15)8-11(2)3/h9-11,13H,4-8H2,1-3H3. The molecule has 0 fully saturated rings. The molecule has 15 heavy (non-hydrogen) atoms. The molecule has 0 spiro atoms. The van der Waals surface area contributed by atoms with Crippen molar-refractivity contribution in [1.29, 1.82) is 0 Å². The Bertz CT molecular complexity index is 266. The molecule has 0 unspecified atom stereocenters. The van der Waals surface area contributed by atoms with Gasteiger partial charge in [0.2, 0.25) is 0 Å². The monoisotopic (exact) mass is 209 g/mol. The van der Waals surface area contributed by atoms with E-state index in [-0.39, 0.29) is 0 Å². The molecule has 1 heterocycles. The molecule has 0 atom stereocenters. The number of hydrogen-bond acceptors (Lipinski definition) is 2. The molecule has 0 aliphatic heterocycles. The normalized spacial score (nSPS) is 11.2. The van der Waals surface area contributed by atoms with Crippen LogP contribution >= 0.6 is 0 Å². The van der Waals surface area contributed by atoms with Crippen molar-refractivity contribution in [3.05, 3.63) is 18.2 Å². The van der Waals surface area contributed by atoms with Gasteiger partial charge in [-0.3, -0.25) is 0 Å². The van der Waals surface area contributed by atoms with Crippen LogP contribution in [0.1, 0.15) is 32.9 Å². The van der Waals surface area contributed by atoms with Crippen molar-refractivity contribution in [1.82, 2.24) is 14.9 Å². The van der Waals surface area contributed by atoms with Gasteiger partial charge in [-0.1, -0.05) is 20.8 Å². The highest BCUT2D eigenvalue weighted by molar-refractivity contribution is 4.99. The van der Waals surface area contributed by atoms with Gasteiger partial charge in [0.1, 0.15) is 0 Å². The summed E-state index contributed by atoms with van der Waals surface area (Å²) in [7, 11) is 0. The first kappa shape index (κ1) is 12.2. The Morgan fingerprint density at radius 2 is 2.20 bits per heavy atom. The highest BCUT2D eigenvalue weighted by Gasteiger charge is 2.03. The first-order valence-corrected chi connectivity index (χ1v) is 5.93. The van der Waals surface area contributed by atoms with Gasteiger partial charge >= 0.3 is 0 Å². The third-order valence-corrected chi connectivity index (χ3v) is 2.37. The molecule has 86 valence electrons. The quantitative estimate of drug-likeness (QED) is 0.697. The molecule has 3 heteroatoms. The highest BCUT2D eigenvalue weighted by atomic mass is 15.1. The van der Waals surface area contributed by atoms with Crippen LogP contribution in [0.15, 0.2) is 12.5 Å². The van der Waals surface area contributed by atoms with Gasteiger partial charge in [0.25, 0.3) is 0 Å². The third-order valence-electron chi connectivity index (χ3n) is 2.37. The molecule has 0 aliphatic carbocycles. The molecule has 0 bridgehead atoms. The van der Waals surface area contributed by atoms with Crippen LogP contribution in [-0.4, -0.2) is 22.6 Å². The molecule has 0 aromatic carbocycles. The summed E-state index contributed by atoms with van der Waals surface area (Å²) in [5.74, 6) is 0.698. The Kier molecular flexibility index (Phi) is 5.40. The van der Waals surface area contributed by atoms with E-state index in [0.29, 0.717) is 5.92 Å². The van der Waals surface area contributed by atoms with Gasteiger partial charge in [-0.25, -0.2) is 4.98 Å². The average Bonchev–Trinajstić information content (AvgIpc) is 2.59. The maximum absolute atomic E-state index is 4.21. The van der Waals surface area contributed by atoms with Gasteiger partial charge in [-0.2, -0.15) is 0 Å². The topological polar surface area (TPSA) is 29.9 Å². The Morgan fingerprint density at radius 3 is 2.87 bits per heavy atom. The lowest BCUT2D eigenvalue weighted by molar-refractivity contribution is 0.553. The Hall–Kier alpha value is -0.830. The second kappa shape index (κ2) is 6.62. The molecule has 1 N–H and O–H groups in total. The van der Waals surface area contributed by atoms with Crippen LogP contribution < -0.4 is 5.32 Å².